The highest BCUT2D eigenvalue weighted by Gasteiger charge is 2.14. The van der Waals surface area contributed by atoms with Crippen molar-refractivity contribution in [1.82, 2.24) is 9.78 Å². The number of hydrogen-bond donors (Lipinski definition) is 1. The van der Waals surface area contributed by atoms with Gasteiger partial charge in [0.05, 0.1) is 6.20 Å². The maximum absolute atomic E-state index is 12.5. The largest absolute Gasteiger partial charge is 0.384 e. The second kappa shape index (κ2) is 4.63. The molecule has 0 saturated heterocycles. The van der Waals surface area contributed by atoms with E-state index in [4.69, 9.17) is 0 Å². The second-order valence-electron chi connectivity index (χ2n) is 3.82. The molecule has 0 amide bonds. The van der Waals surface area contributed by atoms with Crippen LogP contribution in [0.4, 0.5) is 8.78 Å². The van der Waals surface area contributed by atoms with Crippen molar-refractivity contribution in [3.05, 3.63) is 53.3 Å². The summed E-state index contributed by atoms with van der Waals surface area (Å²) >= 11 is 0. The van der Waals surface area contributed by atoms with Gasteiger partial charge >= 0.3 is 0 Å². The number of aryl methyl sites for hydroxylation is 1. The lowest BCUT2D eigenvalue weighted by Gasteiger charge is -2.10. The summed E-state index contributed by atoms with van der Waals surface area (Å²) in [6.45, 7) is 0. The Morgan fingerprint density at radius 3 is 2.53 bits per heavy atom. The van der Waals surface area contributed by atoms with E-state index in [2.05, 4.69) is 5.10 Å². The molecular weight excluding hydrogens is 226 g/mol. The van der Waals surface area contributed by atoms with Crippen LogP contribution >= 0.6 is 0 Å². The lowest BCUT2D eigenvalue weighted by atomic mass is 10.0. The molecule has 0 bridgehead atoms. The van der Waals surface area contributed by atoms with Crippen LogP contribution in [0.3, 0.4) is 0 Å². The number of nitrogens with zero attached hydrogens (tertiary/aromatic N) is 2. The van der Waals surface area contributed by atoms with Crippen molar-refractivity contribution in [1.29, 1.82) is 0 Å². The molecule has 0 saturated carbocycles. The number of aliphatic hydroxyl groups is 1. The Bertz CT molecular complexity index is 511. The van der Waals surface area contributed by atoms with Crippen molar-refractivity contribution in [2.75, 3.05) is 0 Å². The summed E-state index contributed by atoms with van der Waals surface area (Å²) in [7, 11) is 1.73. The Morgan fingerprint density at radius 1 is 1.24 bits per heavy atom. The van der Waals surface area contributed by atoms with Gasteiger partial charge in [0.15, 0.2) is 0 Å². The molecule has 90 valence electrons. The van der Waals surface area contributed by atoms with Gasteiger partial charge in [-0.3, -0.25) is 4.68 Å². The predicted octanol–water partition coefficient (Wildman–Crippen LogP) is 2.44. The van der Waals surface area contributed by atoms with E-state index < -0.39 is 12.5 Å². The zero-order valence-electron chi connectivity index (χ0n) is 9.22. The van der Waals surface area contributed by atoms with Crippen molar-refractivity contribution < 1.29 is 13.9 Å². The number of halogens is 2. The fourth-order valence-electron chi connectivity index (χ4n) is 1.64. The lowest BCUT2D eigenvalue weighted by Crippen LogP contribution is -1.99. The standard InChI is InChI=1S/C12H12F2N2O/c1-16-7-10(6-15-16)11(17)8-3-2-4-9(5-8)12(13)14/h2-7,11-12,17H,1H3. The van der Waals surface area contributed by atoms with E-state index in [0.29, 0.717) is 11.1 Å². The molecule has 0 aliphatic carbocycles. The van der Waals surface area contributed by atoms with Crippen LogP contribution < -0.4 is 0 Å². The molecule has 0 spiro atoms. The Morgan fingerprint density at radius 2 is 1.94 bits per heavy atom. The van der Waals surface area contributed by atoms with E-state index in [0.717, 1.165) is 0 Å². The van der Waals surface area contributed by atoms with Crippen LogP contribution in [0.2, 0.25) is 0 Å². The molecule has 0 fully saturated rings. The van der Waals surface area contributed by atoms with Gasteiger partial charge in [0, 0.05) is 24.4 Å². The van der Waals surface area contributed by atoms with Crippen molar-refractivity contribution in [2.24, 2.45) is 7.05 Å². The summed E-state index contributed by atoms with van der Waals surface area (Å²) in [6.07, 6.45) is -0.294. The molecule has 5 heteroatoms. The van der Waals surface area contributed by atoms with E-state index in [1.165, 1.54) is 24.4 Å². The molecule has 1 heterocycles. The minimum atomic E-state index is -2.53. The zero-order valence-corrected chi connectivity index (χ0v) is 9.22. The van der Waals surface area contributed by atoms with Gasteiger partial charge in [-0.15, -0.1) is 0 Å². The van der Waals surface area contributed by atoms with Gasteiger partial charge in [0.25, 0.3) is 6.43 Å². The van der Waals surface area contributed by atoms with Crippen molar-refractivity contribution in [2.45, 2.75) is 12.5 Å². The minimum Gasteiger partial charge on any atom is -0.384 e. The average molecular weight is 238 g/mol. The van der Waals surface area contributed by atoms with Gasteiger partial charge in [0.1, 0.15) is 6.10 Å². The molecule has 17 heavy (non-hydrogen) atoms. The number of rotatable bonds is 3. The Kier molecular flexibility index (Phi) is 3.19. The van der Waals surface area contributed by atoms with Crippen molar-refractivity contribution in [3.8, 4) is 0 Å². The third kappa shape index (κ3) is 2.50. The first kappa shape index (κ1) is 11.7. The van der Waals surface area contributed by atoms with Crippen LogP contribution in [0.15, 0.2) is 36.7 Å². The summed E-state index contributed by atoms with van der Waals surface area (Å²) in [4.78, 5) is 0. The van der Waals surface area contributed by atoms with E-state index in [1.807, 2.05) is 0 Å². The smallest absolute Gasteiger partial charge is 0.263 e. The molecule has 3 nitrogen and oxygen atoms in total. The van der Waals surface area contributed by atoms with Gasteiger partial charge in [-0.1, -0.05) is 18.2 Å². The highest BCUT2D eigenvalue weighted by atomic mass is 19.3. The van der Waals surface area contributed by atoms with E-state index in [9.17, 15) is 13.9 Å². The molecule has 2 rings (SSSR count). The zero-order chi connectivity index (χ0) is 12.4. The number of benzene rings is 1. The fraction of sp³-hybridized carbons (Fsp3) is 0.250. The lowest BCUT2D eigenvalue weighted by molar-refractivity contribution is 0.150. The number of hydrogen-bond acceptors (Lipinski definition) is 2. The molecule has 1 unspecified atom stereocenters. The molecule has 2 aromatic rings. The highest BCUT2D eigenvalue weighted by molar-refractivity contribution is 5.31. The molecule has 1 atom stereocenters. The molecule has 0 aliphatic heterocycles. The summed E-state index contributed by atoms with van der Waals surface area (Å²) in [6, 6.07) is 5.77. The highest BCUT2D eigenvalue weighted by Crippen LogP contribution is 2.25. The quantitative estimate of drug-likeness (QED) is 0.891. The first-order valence-electron chi connectivity index (χ1n) is 5.12. The van der Waals surface area contributed by atoms with Crippen LogP contribution in [-0.2, 0) is 7.05 Å². The summed E-state index contributed by atoms with van der Waals surface area (Å²) < 4.78 is 26.6. The third-order valence-corrected chi connectivity index (χ3v) is 2.52. The van der Waals surface area contributed by atoms with Crippen LogP contribution in [0.25, 0.3) is 0 Å². The van der Waals surface area contributed by atoms with Crippen LogP contribution in [0, 0.1) is 0 Å². The molecule has 0 aliphatic rings. The summed E-state index contributed by atoms with van der Waals surface area (Å²) in [5.74, 6) is 0. The first-order chi connectivity index (χ1) is 8.08. The Balaban J connectivity index is 2.30. The Labute approximate surface area is 97.3 Å². The molecule has 1 aromatic heterocycles. The maximum Gasteiger partial charge on any atom is 0.263 e. The molecule has 1 N–H and O–H groups in total. The van der Waals surface area contributed by atoms with Gasteiger partial charge in [0.2, 0.25) is 0 Å². The summed E-state index contributed by atoms with van der Waals surface area (Å²) in [5, 5.41) is 13.9. The average Bonchev–Trinajstić information content (AvgIpc) is 2.75. The number of aliphatic hydroxyl groups excluding tert-OH is 1. The fourth-order valence-corrected chi connectivity index (χ4v) is 1.64. The third-order valence-electron chi connectivity index (χ3n) is 2.52. The topological polar surface area (TPSA) is 38.0 Å². The van der Waals surface area contributed by atoms with Gasteiger partial charge < -0.3 is 5.11 Å². The van der Waals surface area contributed by atoms with E-state index >= 15 is 0 Å². The SMILES string of the molecule is Cn1cc(C(O)c2cccc(C(F)F)c2)cn1. The monoisotopic (exact) mass is 238 g/mol. The number of aromatic nitrogens is 2. The van der Waals surface area contributed by atoms with Gasteiger partial charge in [-0.05, 0) is 11.6 Å². The van der Waals surface area contributed by atoms with Crippen LogP contribution in [0.5, 0.6) is 0 Å². The summed E-state index contributed by atoms with van der Waals surface area (Å²) in [5.41, 5.74) is 0.931. The van der Waals surface area contributed by atoms with E-state index in [-0.39, 0.29) is 5.56 Å². The molecular formula is C12H12F2N2O. The van der Waals surface area contributed by atoms with Crippen molar-refractivity contribution in [3.63, 3.8) is 0 Å². The molecule has 0 radical (unpaired) electrons. The molecule has 1 aromatic carbocycles. The van der Waals surface area contributed by atoms with Gasteiger partial charge in [-0.2, -0.15) is 5.10 Å². The van der Waals surface area contributed by atoms with Crippen LogP contribution in [-0.4, -0.2) is 14.9 Å². The predicted molar refractivity (Wildman–Crippen MR) is 58.7 cm³/mol. The first-order valence-corrected chi connectivity index (χ1v) is 5.12. The maximum atomic E-state index is 12.5. The van der Waals surface area contributed by atoms with E-state index in [1.54, 1.807) is 24.0 Å². The number of alkyl halides is 2. The Hall–Kier alpha value is -1.75. The second-order valence-corrected chi connectivity index (χ2v) is 3.82. The van der Waals surface area contributed by atoms with Crippen LogP contribution in [0.1, 0.15) is 29.2 Å². The van der Waals surface area contributed by atoms with Crippen molar-refractivity contribution >= 4 is 0 Å². The van der Waals surface area contributed by atoms with Gasteiger partial charge in [-0.25, -0.2) is 8.78 Å². The minimum absolute atomic E-state index is 0.0922. The normalized spacial score (nSPS) is 13.0.